The maximum atomic E-state index is 13.0. The van der Waals surface area contributed by atoms with E-state index in [0.29, 0.717) is 5.76 Å². The quantitative estimate of drug-likeness (QED) is 0.477. The minimum absolute atomic E-state index is 0.0891. The highest BCUT2D eigenvalue weighted by Gasteiger charge is 2.33. The van der Waals surface area contributed by atoms with Crippen LogP contribution in [0.2, 0.25) is 5.02 Å². The molecule has 1 unspecified atom stereocenters. The second kappa shape index (κ2) is 10.0. The third-order valence-electron chi connectivity index (χ3n) is 6.86. The SMILES string of the molecule is CCN1CCN(C(c2ccc(Cl)cc2)c2c(NC(=O)c3ccco3)sc3c2CCCC3)CC1. The van der Waals surface area contributed by atoms with Crippen LogP contribution in [0.3, 0.4) is 0 Å². The molecule has 1 saturated heterocycles. The summed E-state index contributed by atoms with van der Waals surface area (Å²) < 4.78 is 5.37. The van der Waals surface area contributed by atoms with Crippen LogP contribution < -0.4 is 5.32 Å². The summed E-state index contributed by atoms with van der Waals surface area (Å²) in [5, 5.41) is 4.92. The predicted molar refractivity (Wildman–Crippen MR) is 135 cm³/mol. The zero-order valence-electron chi connectivity index (χ0n) is 19.0. The van der Waals surface area contributed by atoms with Gasteiger partial charge in [0.1, 0.15) is 5.00 Å². The number of hydrogen-bond donors (Lipinski definition) is 1. The molecule has 2 aromatic heterocycles. The summed E-state index contributed by atoms with van der Waals surface area (Å²) in [5.41, 5.74) is 3.92. The minimum atomic E-state index is -0.189. The first-order valence-electron chi connectivity index (χ1n) is 11.8. The fourth-order valence-electron chi connectivity index (χ4n) is 5.09. The van der Waals surface area contributed by atoms with Crippen LogP contribution in [-0.4, -0.2) is 48.4 Å². The van der Waals surface area contributed by atoms with E-state index in [0.717, 1.165) is 55.6 Å². The summed E-state index contributed by atoms with van der Waals surface area (Å²) in [4.78, 5) is 19.5. The zero-order chi connectivity index (χ0) is 22.8. The molecule has 174 valence electrons. The summed E-state index contributed by atoms with van der Waals surface area (Å²) in [6.07, 6.45) is 6.09. The van der Waals surface area contributed by atoms with Gasteiger partial charge in [-0.15, -0.1) is 11.3 Å². The molecule has 1 N–H and O–H groups in total. The molecular formula is C26H30ClN3O2S. The van der Waals surface area contributed by atoms with Gasteiger partial charge in [-0.05, 0) is 67.6 Å². The van der Waals surface area contributed by atoms with E-state index in [-0.39, 0.29) is 11.9 Å². The Bertz CT molecular complexity index is 1090. The van der Waals surface area contributed by atoms with E-state index in [9.17, 15) is 4.79 Å². The van der Waals surface area contributed by atoms with Gasteiger partial charge in [0.05, 0.1) is 12.3 Å². The highest BCUT2D eigenvalue weighted by molar-refractivity contribution is 7.16. The molecule has 0 spiro atoms. The Morgan fingerprint density at radius 2 is 1.88 bits per heavy atom. The van der Waals surface area contributed by atoms with E-state index in [1.807, 2.05) is 12.1 Å². The molecule has 1 atom stereocenters. The monoisotopic (exact) mass is 483 g/mol. The van der Waals surface area contributed by atoms with E-state index < -0.39 is 0 Å². The summed E-state index contributed by atoms with van der Waals surface area (Å²) in [6, 6.07) is 11.8. The van der Waals surface area contributed by atoms with Crippen molar-refractivity contribution in [2.75, 3.05) is 38.0 Å². The molecule has 3 heterocycles. The number of likely N-dealkylation sites (N-methyl/N-ethyl adjacent to an activating group) is 1. The van der Waals surface area contributed by atoms with Crippen LogP contribution in [0.1, 0.15) is 57.9 Å². The maximum Gasteiger partial charge on any atom is 0.291 e. The number of nitrogens with one attached hydrogen (secondary N) is 1. The molecule has 1 amide bonds. The van der Waals surface area contributed by atoms with Gasteiger partial charge in [0.2, 0.25) is 0 Å². The summed E-state index contributed by atoms with van der Waals surface area (Å²) >= 11 is 8.00. The Morgan fingerprint density at radius 3 is 2.58 bits per heavy atom. The van der Waals surface area contributed by atoms with Gasteiger partial charge in [-0.1, -0.05) is 30.7 Å². The van der Waals surface area contributed by atoms with Crippen LogP contribution in [-0.2, 0) is 12.8 Å². The second-order valence-corrected chi connectivity index (χ2v) is 10.4. The predicted octanol–water partition coefficient (Wildman–Crippen LogP) is 5.85. The van der Waals surface area contributed by atoms with Crippen molar-refractivity contribution in [3.63, 3.8) is 0 Å². The van der Waals surface area contributed by atoms with Crippen molar-refractivity contribution in [1.29, 1.82) is 0 Å². The number of thiophene rings is 1. The van der Waals surface area contributed by atoms with Gasteiger partial charge in [-0.2, -0.15) is 0 Å². The standard InChI is InChI=1S/C26H30ClN3O2S/c1-2-29-13-15-30(16-14-29)24(18-9-11-19(27)12-10-18)23-20-6-3-4-8-22(20)33-26(23)28-25(31)21-7-5-17-32-21/h5,7,9-12,17,24H,2-4,6,8,13-16H2,1H3,(H,28,31). The van der Waals surface area contributed by atoms with Crippen LogP contribution >= 0.6 is 22.9 Å². The minimum Gasteiger partial charge on any atom is -0.459 e. The van der Waals surface area contributed by atoms with Crippen molar-refractivity contribution < 1.29 is 9.21 Å². The Morgan fingerprint density at radius 1 is 1.12 bits per heavy atom. The van der Waals surface area contributed by atoms with Gasteiger partial charge >= 0.3 is 0 Å². The first-order chi connectivity index (χ1) is 16.1. The smallest absolute Gasteiger partial charge is 0.291 e. The number of piperazine rings is 1. The number of rotatable bonds is 6. The first kappa shape index (κ1) is 22.7. The second-order valence-electron chi connectivity index (χ2n) is 8.81. The van der Waals surface area contributed by atoms with Gasteiger partial charge in [0, 0.05) is 41.6 Å². The number of carbonyl (C=O) groups excluding carboxylic acids is 1. The number of amides is 1. The third-order valence-corrected chi connectivity index (χ3v) is 8.34. The molecule has 3 aromatic rings. The number of benzene rings is 1. The molecule has 1 aromatic carbocycles. The number of carbonyl (C=O) groups is 1. The van der Waals surface area contributed by atoms with E-state index in [1.165, 1.54) is 34.4 Å². The number of furan rings is 1. The molecule has 33 heavy (non-hydrogen) atoms. The molecule has 0 radical (unpaired) electrons. The van der Waals surface area contributed by atoms with Gasteiger partial charge in [0.25, 0.3) is 5.91 Å². The van der Waals surface area contributed by atoms with Gasteiger partial charge < -0.3 is 14.6 Å². The lowest BCUT2D eigenvalue weighted by molar-refractivity contribution is 0.0995. The Hall–Kier alpha value is -2.12. The lowest BCUT2D eigenvalue weighted by Gasteiger charge is -2.40. The lowest BCUT2D eigenvalue weighted by Crippen LogP contribution is -2.47. The molecule has 7 heteroatoms. The molecule has 5 nitrogen and oxygen atoms in total. The molecule has 5 rings (SSSR count). The van der Waals surface area contributed by atoms with Crippen molar-refractivity contribution in [2.24, 2.45) is 0 Å². The van der Waals surface area contributed by atoms with Gasteiger partial charge in [-0.25, -0.2) is 0 Å². The first-order valence-corrected chi connectivity index (χ1v) is 13.0. The Balaban J connectivity index is 1.58. The van der Waals surface area contributed by atoms with Crippen molar-refractivity contribution in [3.05, 3.63) is 75.0 Å². The molecular weight excluding hydrogens is 454 g/mol. The van der Waals surface area contributed by atoms with Gasteiger partial charge in [0.15, 0.2) is 5.76 Å². The topological polar surface area (TPSA) is 48.7 Å². The lowest BCUT2D eigenvalue weighted by atomic mass is 9.88. The number of anilines is 1. The molecule has 0 bridgehead atoms. The summed E-state index contributed by atoms with van der Waals surface area (Å²) in [5.74, 6) is 0.150. The largest absolute Gasteiger partial charge is 0.459 e. The summed E-state index contributed by atoms with van der Waals surface area (Å²) in [6.45, 7) is 7.41. The normalized spacial score (nSPS) is 18.1. The molecule has 2 aliphatic rings. The Labute approximate surface area is 204 Å². The van der Waals surface area contributed by atoms with Crippen LogP contribution in [0.25, 0.3) is 0 Å². The number of aryl methyl sites for hydroxylation is 1. The molecule has 0 saturated carbocycles. The van der Waals surface area contributed by atoms with E-state index in [2.05, 4.69) is 34.2 Å². The summed E-state index contributed by atoms with van der Waals surface area (Å²) in [7, 11) is 0. The van der Waals surface area contributed by atoms with Crippen LogP contribution in [0.5, 0.6) is 0 Å². The van der Waals surface area contributed by atoms with Crippen LogP contribution in [0, 0.1) is 0 Å². The average molecular weight is 484 g/mol. The Kier molecular flexibility index (Phi) is 6.88. The maximum absolute atomic E-state index is 13.0. The zero-order valence-corrected chi connectivity index (χ0v) is 20.6. The van der Waals surface area contributed by atoms with Crippen molar-refractivity contribution in [3.8, 4) is 0 Å². The fourth-order valence-corrected chi connectivity index (χ4v) is 6.53. The third kappa shape index (κ3) is 4.76. The van der Waals surface area contributed by atoms with E-state index in [4.69, 9.17) is 16.0 Å². The number of hydrogen-bond acceptors (Lipinski definition) is 5. The van der Waals surface area contributed by atoms with Crippen molar-refractivity contribution in [1.82, 2.24) is 9.80 Å². The highest BCUT2D eigenvalue weighted by Crippen LogP contribution is 2.46. The number of nitrogens with zero attached hydrogens (tertiary/aromatic N) is 2. The molecule has 1 fully saturated rings. The van der Waals surface area contributed by atoms with Gasteiger partial charge in [-0.3, -0.25) is 9.69 Å². The van der Waals surface area contributed by atoms with Crippen LogP contribution in [0.4, 0.5) is 5.00 Å². The van der Waals surface area contributed by atoms with Crippen molar-refractivity contribution >= 4 is 33.8 Å². The van der Waals surface area contributed by atoms with Crippen molar-refractivity contribution in [2.45, 2.75) is 38.6 Å². The number of fused-ring (bicyclic) bond motifs is 1. The molecule has 1 aliphatic heterocycles. The average Bonchev–Trinajstić information content (AvgIpc) is 3.50. The number of halogens is 1. The van der Waals surface area contributed by atoms with Crippen LogP contribution in [0.15, 0.2) is 47.1 Å². The molecule has 1 aliphatic carbocycles. The van der Waals surface area contributed by atoms with E-state index in [1.54, 1.807) is 29.7 Å². The fraction of sp³-hybridized carbons (Fsp3) is 0.423. The highest BCUT2D eigenvalue weighted by atomic mass is 35.5. The van der Waals surface area contributed by atoms with E-state index >= 15 is 0 Å².